The summed E-state index contributed by atoms with van der Waals surface area (Å²) in [6.45, 7) is 2.73. The van der Waals surface area contributed by atoms with Crippen molar-refractivity contribution in [1.29, 1.82) is 0 Å². The van der Waals surface area contributed by atoms with E-state index < -0.39 is 0 Å². The van der Waals surface area contributed by atoms with Gasteiger partial charge in [-0.05, 0) is 32.0 Å². The molecule has 2 unspecified atom stereocenters. The SMILES string of the molecule is CC(c1ccccc1F)N(C)CC(N)Cc1ccccc1. The van der Waals surface area contributed by atoms with Gasteiger partial charge in [0.25, 0.3) is 0 Å². The molecule has 0 aliphatic rings. The monoisotopic (exact) mass is 286 g/mol. The van der Waals surface area contributed by atoms with Crippen molar-refractivity contribution < 1.29 is 4.39 Å². The molecule has 0 amide bonds. The predicted molar refractivity (Wildman–Crippen MR) is 85.6 cm³/mol. The summed E-state index contributed by atoms with van der Waals surface area (Å²) in [7, 11) is 1.99. The Morgan fingerprint density at radius 3 is 2.33 bits per heavy atom. The molecule has 0 aromatic heterocycles. The molecule has 3 heteroatoms. The first kappa shape index (κ1) is 15.7. The molecule has 2 aromatic carbocycles. The topological polar surface area (TPSA) is 29.3 Å². The molecule has 0 fully saturated rings. The first-order valence-electron chi connectivity index (χ1n) is 7.32. The van der Waals surface area contributed by atoms with Crippen molar-refractivity contribution in [2.75, 3.05) is 13.6 Å². The summed E-state index contributed by atoms with van der Waals surface area (Å²) in [5.74, 6) is -0.159. The van der Waals surface area contributed by atoms with Crippen molar-refractivity contribution in [3.8, 4) is 0 Å². The van der Waals surface area contributed by atoms with Crippen LogP contribution in [0.1, 0.15) is 24.1 Å². The quantitative estimate of drug-likeness (QED) is 0.882. The zero-order valence-electron chi connectivity index (χ0n) is 12.7. The fourth-order valence-electron chi connectivity index (χ4n) is 2.56. The van der Waals surface area contributed by atoms with E-state index in [1.165, 1.54) is 11.6 Å². The standard InChI is InChI=1S/C18H23FN2/c1-14(17-10-6-7-11-18(17)19)21(2)13-16(20)12-15-8-4-3-5-9-15/h3-11,14,16H,12-13,20H2,1-2H3. The average Bonchev–Trinajstić information content (AvgIpc) is 2.48. The Labute approximate surface area is 126 Å². The molecule has 2 aromatic rings. The number of benzene rings is 2. The minimum Gasteiger partial charge on any atom is -0.326 e. The number of nitrogens with two attached hydrogens (primary N) is 1. The molecule has 21 heavy (non-hydrogen) atoms. The maximum atomic E-state index is 13.8. The number of hydrogen-bond acceptors (Lipinski definition) is 2. The lowest BCUT2D eigenvalue weighted by molar-refractivity contribution is 0.240. The van der Waals surface area contributed by atoms with Crippen LogP contribution in [0.4, 0.5) is 4.39 Å². The Kier molecular flexibility index (Phi) is 5.48. The summed E-state index contributed by atoms with van der Waals surface area (Å²) in [5.41, 5.74) is 8.17. The minimum atomic E-state index is -0.159. The first-order valence-corrected chi connectivity index (χ1v) is 7.32. The van der Waals surface area contributed by atoms with Gasteiger partial charge in [-0.3, -0.25) is 4.90 Å². The molecule has 0 bridgehead atoms. The number of rotatable bonds is 6. The van der Waals surface area contributed by atoms with Crippen molar-refractivity contribution in [1.82, 2.24) is 4.90 Å². The molecule has 0 spiro atoms. The summed E-state index contributed by atoms with van der Waals surface area (Å²) >= 11 is 0. The van der Waals surface area contributed by atoms with Crippen LogP contribution < -0.4 is 5.73 Å². The van der Waals surface area contributed by atoms with Gasteiger partial charge in [-0.25, -0.2) is 4.39 Å². The lowest BCUT2D eigenvalue weighted by atomic mass is 10.0. The Morgan fingerprint density at radius 1 is 1.05 bits per heavy atom. The van der Waals surface area contributed by atoms with Gasteiger partial charge in [0.15, 0.2) is 0 Å². The van der Waals surface area contributed by atoms with Gasteiger partial charge in [0.2, 0.25) is 0 Å². The molecule has 2 nitrogen and oxygen atoms in total. The van der Waals surface area contributed by atoms with E-state index >= 15 is 0 Å². The Bertz CT molecular complexity index is 556. The van der Waals surface area contributed by atoms with E-state index in [1.807, 2.05) is 44.3 Å². The van der Waals surface area contributed by atoms with Crippen molar-refractivity contribution in [3.05, 3.63) is 71.5 Å². The number of halogens is 1. The fraction of sp³-hybridized carbons (Fsp3) is 0.333. The van der Waals surface area contributed by atoms with Gasteiger partial charge in [0, 0.05) is 24.2 Å². The van der Waals surface area contributed by atoms with Gasteiger partial charge < -0.3 is 5.73 Å². The number of likely N-dealkylation sites (N-methyl/N-ethyl adjacent to an activating group) is 1. The third-order valence-electron chi connectivity index (χ3n) is 3.88. The van der Waals surface area contributed by atoms with Crippen molar-refractivity contribution >= 4 is 0 Å². The molecule has 0 saturated heterocycles. The summed E-state index contributed by atoms with van der Waals surface area (Å²) < 4.78 is 13.8. The molecule has 0 heterocycles. The molecule has 0 saturated carbocycles. The third kappa shape index (κ3) is 4.38. The van der Waals surface area contributed by atoms with Crippen LogP contribution in [-0.2, 0) is 6.42 Å². The molecule has 0 aliphatic heterocycles. The van der Waals surface area contributed by atoms with Crippen LogP contribution in [0.25, 0.3) is 0 Å². The summed E-state index contributed by atoms with van der Waals surface area (Å²) in [5, 5.41) is 0. The van der Waals surface area contributed by atoms with E-state index in [0.717, 1.165) is 13.0 Å². The van der Waals surface area contributed by atoms with Crippen LogP contribution in [0.5, 0.6) is 0 Å². The highest BCUT2D eigenvalue weighted by Gasteiger charge is 2.17. The second kappa shape index (κ2) is 7.34. The lowest BCUT2D eigenvalue weighted by Crippen LogP contribution is -2.38. The van der Waals surface area contributed by atoms with Crippen molar-refractivity contribution in [3.63, 3.8) is 0 Å². The zero-order valence-corrected chi connectivity index (χ0v) is 12.7. The lowest BCUT2D eigenvalue weighted by Gasteiger charge is -2.28. The van der Waals surface area contributed by atoms with Crippen LogP contribution in [0.15, 0.2) is 54.6 Å². The molecule has 2 atom stereocenters. The van der Waals surface area contributed by atoms with E-state index in [-0.39, 0.29) is 17.9 Å². The van der Waals surface area contributed by atoms with E-state index in [2.05, 4.69) is 17.0 Å². The highest BCUT2D eigenvalue weighted by atomic mass is 19.1. The highest BCUT2D eigenvalue weighted by molar-refractivity contribution is 5.21. The maximum absolute atomic E-state index is 13.8. The molecular weight excluding hydrogens is 263 g/mol. The molecule has 0 radical (unpaired) electrons. The Balaban J connectivity index is 1.94. The van der Waals surface area contributed by atoms with Gasteiger partial charge in [-0.15, -0.1) is 0 Å². The van der Waals surface area contributed by atoms with Gasteiger partial charge in [-0.2, -0.15) is 0 Å². The largest absolute Gasteiger partial charge is 0.326 e. The molecule has 0 aliphatic carbocycles. The third-order valence-corrected chi connectivity index (χ3v) is 3.88. The average molecular weight is 286 g/mol. The van der Waals surface area contributed by atoms with Gasteiger partial charge >= 0.3 is 0 Å². The smallest absolute Gasteiger partial charge is 0.127 e. The second-order valence-corrected chi connectivity index (χ2v) is 5.59. The van der Waals surface area contributed by atoms with E-state index in [1.54, 1.807) is 6.07 Å². The zero-order chi connectivity index (χ0) is 15.2. The molecule has 112 valence electrons. The normalized spacial score (nSPS) is 14.1. The maximum Gasteiger partial charge on any atom is 0.127 e. The number of hydrogen-bond donors (Lipinski definition) is 1. The predicted octanol–water partition coefficient (Wildman–Crippen LogP) is 3.39. The summed E-state index contributed by atoms with van der Waals surface area (Å²) in [6.07, 6.45) is 0.829. The summed E-state index contributed by atoms with van der Waals surface area (Å²) in [6, 6.07) is 17.2. The van der Waals surface area contributed by atoms with Crippen LogP contribution in [0, 0.1) is 5.82 Å². The van der Waals surface area contributed by atoms with Crippen LogP contribution in [-0.4, -0.2) is 24.5 Å². The van der Waals surface area contributed by atoms with Gasteiger partial charge in [0.05, 0.1) is 0 Å². The fourth-order valence-corrected chi connectivity index (χ4v) is 2.56. The molecule has 2 rings (SSSR count). The first-order chi connectivity index (χ1) is 10.1. The summed E-state index contributed by atoms with van der Waals surface area (Å²) in [4.78, 5) is 2.10. The van der Waals surface area contributed by atoms with Gasteiger partial charge in [-0.1, -0.05) is 48.5 Å². The van der Waals surface area contributed by atoms with E-state index in [4.69, 9.17) is 5.73 Å². The molecular formula is C18H23FN2. The van der Waals surface area contributed by atoms with Crippen molar-refractivity contribution in [2.24, 2.45) is 5.73 Å². The highest BCUT2D eigenvalue weighted by Crippen LogP contribution is 2.21. The molecule has 2 N–H and O–H groups in total. The van der Waals surface area contributed by atoms with Crippen molar-refractivity contribution in [2.45, 2.75) is 25.4 Å². The van der Waals surface area contributed by atoms with Gasteiger partial charge in [0.1, 0.15) is 5.82 Å². The van der Waals surface area contributed by atoms with Crippen LogP contribution in [0.2, 0.25) is 0 Å². The van der Waals surface area contributed by atoms with Crippen LogP contribution in [0.3, 0.4) is 0 Å². The van der Waals surface area contributed by atoms with Crippen LogP contribution >= 0.6 is 0 Å². The van der Waals surface area contributed by atoms with E-state index in [0.29, 0.717) is 5.56 Å². The number of nitrogens with zero attached hydrogens (tertiary/aromatic N) is 1. The Hall–Kier alpha value is -1.71. The Morgan fingerprint density at radius 2 is 1.67 bits per heavy atom. The second-order valence-electron chi connectivity index (χ2n) is 5.59. The van der Waals surface area contributed by atoms with E-state index in [9.17, 15) is 4.39 Å². The minimum absolute atomic E-state index is 0.00743.